The molecule has 0 aliphatic carbocycles. The summed E-state index contributed by atoms with van der Waals surface area (Å²) < 4.78 is 11.7. The normalized spacial score (nSPS) is 11.9. The van der Waals surface area contributed by atoms with Crippen molar-refractivity contribution in [1.82, 2.24) is 4.98 Å². The van der Waals surface area contributed by atoms with Gasteiger partial charge in [-0.1, -0.05) is 6.07 Å². The summed E-state index contributed by atoms with van der Waals surface area (Å²) in [5.74, 6) is 2.03. The maximum Gasteiger partial charge on any atom is 0.136 e. The van der Waals surface area contributed by atoms with Crippen molar-refractivity contribution in [3.63, 3.8) is 0 Å². The maximum absolute atomic E-state index is 5.92. The summed E-state index contributed by atoms with van der Waals surface area (Å²) in [6.07, 6.45) is 1.80. The monoisotopic (exact) mass is 309 g/mol. The third kappa shape index (κ3) is 3.58. The molecule has 0 saturated heterocycles. The van der Waals surface area contributed by atoms with E-state index in [0.29, 0.717) is 22.9 Å². The van der Waals surface area contributed by atoms with Crippen LogP contribution >= 0.6 is 0 Å². The number of nitrogens with two attached hydrogens (primary N) is 2. The summed E-state index contributed by atoms with van der Waals surface area (Å²) in [5, 5.41) is 0. The van der Waals surface area contributed by atoms with Gasteiger partial charge in [0.2, 0.25) is 0 Å². The lowest BCUT2D eigenvalue weighted by Crippen LogP contribution is -2.03. The Kier molecular flexibility index (Phi) is 4.10. The first kappa shape index (κ1) is 14.8. The predicted molar refractivity (Wildman–Crippen MR) is 91.6 cm³/mol. The van der Waals surface area contributed by atoms with Crippen molar-refractivity contribution >= 4 is 11.4 Å². The van der Waals surface area contributed by atoms with E-state index in [-0.39, 0.29) is 6.10 Å². The summed E-state index contributed by atoms with van der Waals surface area (Å²) in [5.41, 5.74) is 13.5. The van der Waals surface area contributed by atoms with Crippen LogP contribution in [0.25, 0.3) is 0 Å². The highest BCUT2D eigenvalue weighted by Crippen LogP contribution is 2.30. The quantitative estimate of drug-likeness (QED) is 0.619. The molecule has 3 aromatic rings. The topological polar surface area (TPSA) is 86.3 Å². The van der Waals surface area contributed by atoms with Crippen LogP contribution in [-0.2, 0) is 0 Å². The fourth-order valence-electron chi connectivity index (χ4n) is 2.23. The van der Waals surface area contributed by atoms with E-state index in [0.717, 1.165) is 11.4 Å². The first-order valence-electron chi connectivity index (χ1n) is 7.34. The second-order valence-electron chi connectivity index (χ2n) is 5.25. The third-order valence-electron chi connectivity index (χ3n) is 3.47. The lowest BCUT2D eigenvalue weighted by molar-refractivity contribution is 0.222. The molecule has 1 heterocycles. The number of rotatable bonds is 5. The molecule has 0 fully saturated rings. The zero-order chi connectivity index (χ0) is 16.2. The molecule has 3 rings (SSSR count). The largest absolute Gasteiger partial charge is 0.484 e. The molecule has 0 bridgehead atoms. The van der Waals surface area contributed by atoms with Crippen molar-refractivity contribution < 1.29 is 9.47 Å². The summed E-state index contributed by atoms with van der Waals surface area (Å²) >= 11 is 0. The lowest BCUT2D eigenvalue weighted by atomic mass is 10.2. The number of hydrogen-bond donors (Lipinski definition) is 3. The number of aromatic nitrogens is 1. The van der Waals surface area contributed by atoms with Gasteiger partial charge in [0.25, 0.3) is 0 Å². The minimum atomic E-state index is -0.0765. The first-order chi connectivity index (χ1) is 11.1. The van der Waals surface area contributed by atoms with Crippen molar-refractivity contribution in [1.29, 1.82) is 0 Å². The van der Waals surface area contributed by atoms with Gasteiger partial charge in [-0.25, -0.2) is 0 Å². The smallest absolute Gasteiger partial charge is 0.136 e. The van der Waals surface area contributed by atoms with E-state index >= 15 is 0 Å². The van der Waals surface area contributed by atoms with Gasteiger partial charge in [-0.3, -0.25) is 0 Å². The van der Waals surface area contributed by atoms with Crippen molar-refractivity contribution in [2.75, 3.05) is 11.5 Å². The lowest BCUT2D eigenvalue weighted by Gasteiger charge is -2.14. The highest BCUT2D eigenvalue weighted by molar-refractivity contribution is 5.65. The molecule has 0 spiro atoms. The predicted octanol–water partition coefficient (Wildman–Crippen LogP) is 4.11. The number of aromatic amines is 1. The second-order valence-corrected chi connectivity index (χ2v) is 5.25. The number of ether oxygens (including phenoxy) is 2. The highest BCUT2D eigenvalue weighted by atomic mass is 16.5. The molecule has 1 atom stereocenters. The first-order valence-corrected chi connectivity index (χ1v) is 7.34. The van der Waals surface area contributed by atoms with Gasteiger partial charge in [0.05, 0.1) is 17.1 Å². The number of hydrogen-bond acceptors (Lipinski definition) is 4. The summed E-state index contributed by atoms with van der Waals surface area (Å²) in [4.78, 5) is 3.14. The second kappa shape index (κ2) is 6.36. The van der Waals surface area contributed by atoms with E-state index in [1.807, 2.05) is 49.5 Å². The SMILES string of the molecule is CC(Oc1cccc(Oc2ccc(N)c(N)c2)c1)c1ccc[nH]1. The highest BCUT2D eigenvalue weighted by Gasteiger charge is 2.09. The molecule has 0 aliphatic rings. The van der Waals surface area contributed by atoms with Gasteiger partial charge in [-0.05, 0) is 43.3 Å². The number of anilines is 2. The van der Waals surface area contributed by atoms with Crippen LogP contribution in [-0.4, -0.2) is 4.98 Å². The van der Waals surface area contributed by atoms with E-state index in [1.165, 1.54) is 0 Å². The summed E-state index contributed by atoms with van der Waals surface area (Å²) in [7, 11) is 0. The summed E-state index contributed by atoms with van der Waals surface area (Å²) in [6, 6.07) is 16.6. The van der Waals surface area contributed by atoms with Crippen molar-refractivity contribution in [2.45, 2.75) is 13.0 Å². The Morgan fingerprint density at radius 2 is 1.65 bits per heavy atom. The molecule has 5 nitrogen and oxygen atoms in total. The average molecular weight is 309 g/mol. The number of H-pyrrole nitrogens is 1. The number of nitrogen functional groups attached to an aromatic ring is 2. The van der Waals surface area contributed by atoms with Crippen molar-refractivity contribution in [3.05, 3.63) is 66.5 Å². The van der Waals surface area contributed by atoms with Gasteiger partial charge in [0, 0.05) is 18.3 Å². The average Bonchev–Trinajstić information content (AvgIpc) is 3.06. The Morgan fingerprint density at radius 1 is 0.870 bits per heavy atom. The molecule has 0 amide bonds. The van der Waals surface area contributed by atoms with Crippen LogP contribution in [0, 0.1) is 0 Å². The fourth-order valence-corrected chi connectivity index (χ4v) is 2.23. The van der Waals surface area contributed by atoms with Crippen LogP contribution in [0.15, 0.2) is 60.8 Å². The summed E-state index contributed by atoms with van der Waals surface area (Å²) in [6.45, 7) is 1.99. The maximum atomic E-state index is 5.92. The molecule has 0 aliphatic heterocycles. The number of nitrogens with one attached hydrogen (secondary N) is 1. The van der Waals surface area contributed by atoms with Crippen LogP contribution in [0.2, 0.25) is 0 Å². The molecule has 1 unspecified atom stereocenters. The molecule has 23 heavy (non-hydrogen) atoms. The zero-order valence-electron chi connectivity index (χ0n) is 12.8. The zero-order valence-corrected chi connectivity index (χ0v) is 12.8. The van der Waals surface area contributed by atoms with Crippen molar-refractivity contribution in [2.24, 2.45) is 0 Å². The minimum Gasteiger partial charge on any atom is -0.484 e. The van der Waals surface area contributed by atoms with Gasteiger partial charge in [-0.2, -0.15) is 0 Å². The minimum absolute atomic E-state index is 0.0765. The Balaban J connectivity index is 1.73. The van der Waals surface area contributed by atoms with Crippen LogP contribution in [0.3, 0.4) is 0 Å². The standard InChI is InChI=1S/C18H19N3O2/c1-12(18-6-3-9-21-18)22-13-4-2-5-14(10-13)23-15-7-8-16(19)17(20)11-15/h2-12,21H,19-20H2,1H3. The van der Waals surface area contributed by atoms with E-state index in [4.69, 9.17) is 20.9 Å². The molecule has 2 aromatic carbocycles. The van der Waals surface area contributed by atoms with Crippen LogP contribution in [0.4, 0.5) is 11.4 Å². The molecular weight excluding hydrogens is 290 g/mol. The number of benzene rings is 2. The molecule has 5 heteroatoms. The van der Waals surface area contributed by atoms with Gasteiger partial charge < -0.3 is 25.9 Å². The molecule has 118 valence electrons. The Morgan fingerprint density at radius 3 is 2.39 bits per heavy atom. The Bertz CT molecular complexity index is 785. The molecule has 0 saturated carbocycles. The van der Waals surface area contributed by atoms with E-state index in [1.54, 1.807) is 18.2 Å². The van der Waals surface area contributed by atoms with Crippen LogP contribution in [0.1, 0.15) is 18.7 Å². The van der Waals surface area contributed by atoms with Gasteiger partial charge in [0.1, 0.15) is 23.4 Å². The van der Waals surface area contributed by atoms with Crippen LogP contribution in [0.5, 0.6) is 17.2 Å². The van der Waals surface area contributed by atoms with Gasteiger partial charge >= 0.3 is 0 Å². The van der Waals surface area contributed by atoms with E-state index < -0.39 is 0 Å². The molecular formula is C18H19N3O2. The Hall–Kier alpha value is -3.08. The van der Waals surface area contributed by atoms with E-state index in [9.17, 15) is 0 Å². The molecule has 5 N–H and O–H groups in total. The van der Waals surface area contributed by atoms with Crippen molar-refractivity contribution in [3.8, 4) is 17.2 Å². The fraction of sp³-hybridized carbons (Fsp3) is 0.111. The molecule has 0 radical (unpaired) electrons. The Labute approximate surface area is 134 Å². The van der Waals surface area contributed by atoms with Gasteiger partial charge in [0.15, 0.2) is 0 Å². The van der Waals surface area contributed by atoms with E-state index in [2.05, 4.69) is 4.98 Å². The van der Waals surface area contributed by atoms with Gasteiger partial charge in [-0.15, -0.1) is 0 Å². The molecule has 1 aromatic heterocycles. The third-order valence-corrected chi connectivity index (χ3v) is 3.47. The van der Waals surface area contributed by atoms with Crippen LogP contribution < -0.4 is 20.9 Å².